The van der Waals surface area contributed by atoms with Gasteiger partial charge in [-0.25, -0.2) is 0 Å². The van der Waals surface area contributed by atoms with E-state index >= 15 is 0 Å². The number of phenols is 1. The fraction of sp³-hybridized carbons (Fsp3) is 0.455. The number of phenolic OH excluding ortho intramolecular Hbond substituents is 1. The van der Waals surface area contributed by atoms with Crippen molar-refractivity contribution >= 4 is 0 Å². The first-order chi connectivity index (χ1) is 11.8. The van der Waals surface area contributed by atoms with Crippen molar-refractivity contribution in [1.29, 1.82) is 0 Å². The van der Waals surface area contributed by atoms with Crippen molar-refractivity contribution < 1.29 is 9.84 Å². The number of hydrogen-bond acceptors (Lipinski definition) is 2. The van der Waals surface area contributed by atoms with Gasteiger partial charge >= 0.3 is 0 Å². The second kappa shape index (κ2) is 10.9. The molecule has 0 spiro atoms. The Morgan fingerprint density at radius 3 is 2.25 bits per heavy atom. The zero-order chi connectivity index (χ0) is 17.0. The maximum absolute atomic E-state index is 9.91. The summed E-state index contributed by atoms with van der Waals surface area (Å²) in [6.07, 6.45) is 8.86. The number of hydrogen-bond donors (Lipinski definition) is 1. The highest BCUT2D eigenvalue weighted by Crippen LogP contribution is 2.27. The number of unbranched alkanes of at least 4 members (excludes halogenated alkanes) is 5. The molecule has 1 N–H and O–H groups in total. The van der Waals surface area contributed by atoms with E-state index in [9.17, 15) is 5.11 Å². The molecule has 1 unspecified atom stereocenters. The fourth-order valence-electron chi connectivity index (χ4n) is 2.95. The summed E-state index contributed by atoms with van der Waals surface area (Å²) in [5.41, 5.74) is 2.07. The largest absolute Gasteiger partial charge is 0.508 e. The minimum absolute atomic E-state index is 0.0944. The van der Waals surface area contributed by atoms with Gasteiger partial charge in [-0.1, -0.05) is 94.0 Å². The molecule has 0 saturated heterocycles. The van der Waals surface area contributed by atoms with Crippen molar-refractivity contribution in [2.75, 3.05) is 0 Å². The molecule has 2 heteroatoms. The van der Waals surface area contributed by atoms with Gasteiger partial charge in [0.15, 0.2) is 0 Å². The first-order valence-corrected chi connectivity index (χ1v) is 9.24. The summed E-state index contributed by atoms with van der Waals surface area (Å²) in [6, 6.07) is 17.8. The van der Waals surface area contributed by atoms with Crippen LogP contribution in [0.4, 0.5) is 0 Å². The second-order valence-electron chi connectivity index (χ2n) is 6.40. The average molecular weight is 326 g/mol. The lowest BCUT2D eigenvalue weighted by Gasteiger charge is -2.19. The molecule has 2 rings (SSSR count). The van der Waals surface area contributed by atoms with Gasteiger partial charge in [0.25, 0.3) is 0 Å². The third-order valence-corrected chi connectivity index (χ3v) is 4.42. The fourth-order valence-corrected chi connectivity index (χ4v) is 2.95. The minimum atomic E-state index is 0.0944. The Hall–Kier alpha value is -1.80. The molecule has 0 radical (unpaired) electrons. The maximum Gasteiger partial charge on any atom is 0.121 e. The molecule has 0 fully saturated rings. The summed E-state index contributed by atoms with van der Waals surface area (Å²) in [4.78, 5) is 0. The van der Waals surface area contributed by atoms with Crippen LogP contribution in [0, 0.1) is 0 Å². The normalized spacial score (nSPS) is 12.2. The van der Waals surface area contributed by atoms with Gasteiger partial charge in [-0.2, -0.15) is 0 Å². The Balaban J connectivity index is 1.87. The zero-order valence-corrected chi connectivity index (χ0v) is 14.8. The molecule has 0 aliphatic heterocycles. The summed E-state index contributed by atoms with van der Waals surface area (Å²) >= 11 is 0. The molecular weight excluding hydrogens is 296 g/mol. The first-order valence-electron chi connectivity index (χ1n) is 9.24. The predicted molar refractivity (Wildman–Crippen MR) is 100 cm³/mol. The third-order valence-electron chi connectivity index (χ3n) is 4.42. The number of rotatable bonds is 11. The van der Waals surface area contributed by atoms with Gasteiger partial charge in [0, 0.05) is 5.56 Å². The number of ether oxygens (including phenoxy) is 1. The van der Waals surface area contributed by atoms with Crippen LogP contribution in [0.1, 0.15) is 69.1 Å². The van der Waals surface area contributed by atoms with Crippen molar-refractivity contribution in [3.63, 3.8) is 0 Å². The Bertz CT molecular complexity index is 565. The Kier molecular flexibility index (Phi) is 8.40. The molecule has 0 saturated carbocycles. The Labute approximate surface area is 146 Å². The zero-order valence-electron chi connectivity index (χ0n) is 14.8. The van der Waals surface area contributed by atoms with Crippen molar-refractivity contribution in [3.8, 4) is 5.75 Å². The summed E-state index contributed by atoms with van der Waals surface area (Å²) in [5.74, 6) is 0.309. The minimum Gasteiger partial charge on any atom is -0.508 e. The standard InChI is InChI=1S/C22H30O2/c1-2-3-4-5-6-10-17-22(19-13-8-7-9-14-19)24-18-20-15-11-12-16-21(20)23/h7-9,11-16,22-23H,2-6,10,17-18H2,1H3. The van der Waals surface area contributed by atoms with E-state index in [2.05, 4.69) is 31.2 Å². The quantitative estimate of drug-likeness (QED) is 0.484. The Morgan fingerprint density at radius 2 is 1.50 bits per heavy atom. The maximum atomic E-state index is 9.91. The molecule has 0 aliphatic rings. The highest BCUT2D eigenvalue weighted by atomic mass is 16.5. The lowest BCUT2D eigenvalue weighted by molar-refractivity contribution is 0.0312. The van der Waals surface area contributed by atoms with Gasteiger partial charge in [-0.3, -0.25) is 0 Å². The molecule has 24 heavy (non-hydrogen) atoms. The van der Waals surface area contributed by atoms with Gasteiger partial charge in [-0.15, -0.1) is 0 Å². The smallest absolute Gasteiger partial charge is 0.121 e. The van der Waals surface area contributed by atoms with Crippen LogP contribution in [0.25, 0.3) is 0 Å². The van der Waals surface area contributed by atoms with E-state index in [1.165, 1.54) is 44.1 Å². The van der Waals surface area contributed by atoms with Crippen LogP contribution < -0.4 is 0 Å². The molecule has 2 aromatic rings. The van der Waals surface area contributed by atoms with Crippen LogP contribution in [0.15, 0.2) is 54.6 Å². The van der Waals surface area contributed by atoms with Crippen LogP contribution >= 0.6 is 0 Å². The molecule has 2 nitrogen and oxygen atoms in total. The topological polar surface area (TPSA) is 29.5 Å². The SMILES string of the molecule is CCCCCCCCC(OCc1ccccc1O)c1ccccc1. The van der Waals surface area contributed by atoms with Gasteiger partial charge in [0.05, 0.1) is 12.7 Å². The summed E-state index contributed by atoms with van der Waals surface area (Å²) in [6.45, 7) is 2.69. The van der Waals surface area contributed by atoms with Crippen molar-refractivity contribution in [2.24, 2.45) is 0 Å². The second-order valence-corrected chi connectivity index (χ2v) is 6.40. The highest BCUT2D eigenvalue weighted by molar-refractivity contribution is 5.31. The molecule has 0 aromatic heterocycles. The van der Waals surface area contributed by atoms with Crippen molar-refractivity contribution in [2.45, 2.75) is 64.6 Å². The van der Waals surface area contributed by atoms with E-state index in [0.717, 1.165) is 12.0 Å². The van der Waals surface area contributed by atoms with Gasteiger partial charge in [-0.05, 0) is 18.1 Å². The monoisotopic (exact) mass is 326 g/mol. The van der Waals surface area contributed by atoms with E-state index in [4.69, 9.17) is 4.74 Å². The number of benzene rings is 2. The summed E-state index contributed by atoms with van der Waals surface area (Å²) in [5, 5.41) is 9.91. The van der Waals surface area contributed by atoms with E-state index in [0.29, 0.717) is 12.4 Å². The van der Waals surface area contributed by atoms with Crippen molar-refractivity contribution in [3.05, 3.63) is 65.7 Å². The van der Waals surface area contributed by atoms with Crippen LogP contribution in [0.2, 0.25) is 0 Å². The van der Waals surface area contributed by atoms with Gasteiger partial charge in [0.1, 0.15) is 5.75 Å². The molecular formula is C22H30O2. The third kappa shape index (κ3) is 6.37. The molecule has 0 amide bonds. The lowest BCUT2D eigenvalue weighted by Crippen LogP contribution is -2.05. The molecule has 0 heterocycles. The molecule has 0 aliphatic carbocycles. The number of para-hydroxylation sites is 1. The number of aromatic hydroxyl groups is 1. The molecule has 1 atom stereocenters. The average Bonchev–Trinajstić information content (AvgIpc) is 2.62. The van der Waals surface area contributed by atoms with Crippen LogP contribution in [-0.2, 0) is 11.3 Å². The Morgan fingerprint density at radius 1 is 0.833 bits per heavy atom. The van der Waals surface area contributed by atoms with E-state index in [1.807, 2.05) is 24.3 Å². The molecule has 2 aromatic carbocycles. The van der Waals surface area contributed by atoms with Crippen LogP contribution in [0.5, 0.6) is 5.75 Å². The summed E-state index contributed by atoms with van der Waals surface area (Å²) in [7, 11) is 0. The van der Waals surface area contributed by atoms with Crippen LogP contribution in [-0.4, -0.2) is 5.11 Å². The van der Waals surface area contributed by atoms with Crippen molar-refractivity contribution in [1.82, 2.24) is 0 Å². The lowest BCUT2D eigenvalue weighted by atomic mass is 10.0. The molecule has 0 bridgehead atoms. The van der Waals surface area contributed by atoms with E-state index < -0.39 is 0 Å². The van der Waals surface area contributed by atoms with Gasteiger partial charge in [0.2, 0.25) is 0 Å². The summed E-state index contributed by atoms with van der Waals surface area (Å²) < 4.78 is 6.16. The van der Waals surface area contributed by atoms with E-state index in [1.54, 1.807) is 6.07 Å². The predicted octanol–water partition coefficient (Wildman–Crippen LogP) is 6.40. The van der Waals surface area contributed by atoms with Crippen LogP contribution in [0.3, 0.4) is 0 Å². The highest BCUT2D eigenvalue weighted by Gasteiger charge is 2.12. The first kappa shape index (κ1) is 18.5. The van der Waals surface area contributed by atoms with Gasteiger partial charge < -0.3 is 9.84 Å². The molecule has 130 valence electrons. The van der Waals surface area contributed by atoms with E-state index in [-0.39, 0.29) is 6.10 Å².